The van der Waals surface area contributed by atoms with Crippen molar-refractivity contribution >= 4 is 27.7 Å². The number of likely N-dealkylation sites (N-methyl/N-ethyl adjacent to an activating group) is 1. The standard InChI is InChI=1S/C23H29BrN2O3/c1-4-17-12-13-21(19(24)14-17)29-16-22(27)26(15-18-10-8-7-9-11-18)20(5-2)23(28)25-6-3/h7-14,20H,4-6,15-16H2,1-3H3,(H,25,28)/t20-/m0/s1. The molecule has 0 aliphatic heterocycles. The Labute approximate surface area is 181 Å². The zero-order valence-electron chi connectivity index (χ0n) is 17.3. The molecule has 2 rings (SSSR count). The molecule has 0 heterocycles. The molecule has 156 valence electrons. The molecule has 0 fully saturated rings. The molecule has 0 aromatic heterocycles. The highest BCUT2D eigenvalue weighted by atomic mass is 79.9. The second kappa shape index (κ2) is 11.6. The number of hydrogen-bond acceptors (Lipinski definition) is 3. The van der Waals surface area contributed by atoms with E-state index >= 15 is 0 Å². The number of benzene rings is 2. The minimum absolute atomic E-state index is 0.132. The maximum Gasteiger partial charge on any atom is 0.261 e. The number of aryl methyl sites for hydroxylation is 1. The fourth-order valence-electron chi connectivity index (χ4n) is 3.10. The Morgan fingerprint density at radius 1 is 1.07 bits per heavy atom. The van der Waals surface area contributed by atoms with E-state index in [0.717, 1.165) is 16.5 Å². The molecule has 0 aliphatic carbocycles. The Morgan fingerprint density at radius 2 is 1.79 bits per heavy atom. The van der Waals surface area contributed by atoms with E-state index in [0.29, 0.717) is 25.3 Å². The van der Waals surface area contributed by atoms with Gasteiger partial charge in [-0.2, -0.15) is 0 Å². The van der Waals surface area contributed by atoms with Gasteiger partial charge in [-0.3, -0.25) is 9.59 Å². The van der Waals surface area contributed by atoms with E-state index in [2.05, 4.69) is 28.2 Å². The van der Waals surface area contributed by atoms with Crippen molar-refractivity contribution < 1.29 is 14.3 Å². The number of nitrogens with zero attached hydrogens (tertiary/aromatic N) is 1. The predicted octanol–water partition coefficient (Wildman–Crippen LogP) is 4.33. The highest BCUT2D eigenvalue weighted by molar-refractivity contribution is 9.10. The first-order valence-corrected chi connectivity index (χ1v) is 10.8. The van der Waals surface area contributed by atoms with Gasteiger partial charge in [-0.15, -0.1) is 0 Å². The molecule has 0 bridgehead atoms. The van der Waals surface area contributed by atoms with Gasteiger partial charge in [0.15, 0.2) is 6.61 Å². The van der Waals surface area contributed by atoms with Crippen molar-refractivity contribution in [2.45, 2.75) is 46.2 Å². The zero-order valence-corrected chi connectivity index (χ0v) is 18.9. The molecule has 1 N–H and O–H groups in total. The summed E-state index contributed by atoms with van der Waals surface area (Å²) in [5.74, 6) is 0.243. The normalized spacial score (nSPS) is 11.6. The molecular weight excluding hydrogens is 432 g/mol. The van der Waals surface area contributed by atoms with Crippen LogP contribution in [0.5, 0.6) is 5.75 Å². The first-order valence-electron chi connectivity index (χ1n) is 10.0. The molecule has 0 spiro atoms. The maximum atomic E-state index is 13.1. The van der Waals surface area contributed by atoms with Crippen molar-refractivity contribution in [3.63, 3.8) is 0 Å². The van der Waals surface area contributed by atoms with Crippen LogP contribution in [0.2, 0.25) is 0 Å². The average molecular weight is 461 g/mol. The van der Waals surface area contributed by atoms with E-state index in [9.17, 15) is 9.59 Å². The molecule has 0 unspecified atom stereocenters. The highest BCUT2D eigenvalue weighted by Crippen LogP contribution is 2.26. The second-order valence-electron chi connectivity index (χ2n) is 6.73. The van der Waals surface area contributed by atoms with Crippen LogP contribution in [-0.4, -0.2) is 35.9 Å². The fraction of sp³-hybridized carbons (Fsp3) is 0.391. The summed E-state index contributed by atoms with van der Waals surface area (Å²) in [5.41, 5.74) is 2.15. The van der Waals surface area contributed by atoms with Gasteiger partial charge in [0.05, 0.1) is 4.47 Å². The highest BCUT2D eigenvalue weighted by Gasteiger charge is 2.28. The number of carbonyl (C=O) groups is 2. The summed E-state index contributed by atoms with van der Waals surface area (Å²) in [6, 6.07) is 15.0. The van der Waals surface area contributed by atoms with Crippen LogP contribution in [0.4, 0.5) is 0 Å². The van der Waals surface area contributed by atoms with Crippen LogP contribution in [0.3, 0.4) is 0 Å². The van der Waals surface area contributed by atoms with Crippen molar-refractivity contribution in [3.05, 3.63) is 64.1 Å². The number of ether oxygens (including phenoxy) is 1. The number of nitrogens with one attached hydrogen (secondary N) is 1. The van der Waals surface area contributed by atoms with Crippen molar-refractivity contribution in [2.75, 3.05) is 13.2 Å². The van der Waals surface area contributed by atoms with Crippen molar-refractivity contribution in [1.29, 1.82) is 0 Å². The van der Waals surface area contributed by atoms with Crippen LogP contribution in [-0.2, 0) is 22.6 Å². The van der Waals surface area contributed by atoms with Crippen LogP contribution in [0.15, 0.2) is 53.0 Å². The van der Waals surface area contributed by atoms with Gasteiger partial charge >= 0.3 is 0 Å². The summed E-state index contributed by atoms with van der Waals surface area (Å²) in [5, 5.41) is 2.83. The fourth-order valence-corrected chi connectivity index (χ4v) is 3.64. The lowest BCUT2D eigenvalue weighted by Gasteiger charge is -2.30. The van der Waals surface area contributed by atoms with Crippen molar-refractivity contribution in [1.82, 2.24) is 10.2 Å². The molecule has 2 aromatic rings. The average Bonchev–Trinajstić information content (AvgIpc) is 2.73. The molecule has 1 atom stereocenters. The molecule has 2 amide bonds. The lowest BCUT2D eigenvalue weighted by atomic mass is 10.1. The molecule has 0 radical (unpaired) electrons. The number of amides is 2. The van der Waals surface area contributed by atoms with Crippen molar-refractivity contribution in [3.8, 4) is 5.75 Å². The van der Waals surface area contributed by atoms with E-state index in [-0.39, 0.29) is 18.4 Å². The van der Waals surface area contributed by atoms with Gasteiger partial charge in [0.25, 0.3) is 5.91 Å². The summed E-state index contributed by atoms with van der Waals surface area (Å²) >= 11 is 3.50. The Kier molecular flexibility index (Phi) is 9.19. The van der Waals surface area contributed by atoms with Gasteiger partial charge in [-0.25, -0.2) is 0 Å². The molecule has 5 nitrogen and oxygen atoms in total. The molecule has 0 saturated carbocycles. The third-order valence-corrected chi connectivity index (χ3v) is 5.31. The van der Waals surface area contributed by atoms with Gasteiger partial charge in [-0.05, 0) is 59.0 Å². The smallest absolute Gasteiger partial charge is 0.261 e. The second-order valence-corrected chi connectivity index (χ2v) is 7.59. The van der Waals surface area contributed by atoms with E-state index in [1.165, 1.54) is 5.56 Å². The molecule has 0 aliphatic rings. The Morgan fingerprint density at radius 3 is 2.38 bits per heavy atom. The van der Waals surface area contributed by atoms with Gasteiger partial charge in [-0.1, -0.05) is 50.2 Å². The number of halogens is 1. The maximum absolute atomic E-state index is 13.1. The topological polar surface area (TPSA) is 58.6 Å². The van der Waals surface area contributed by atoms with Gasteiger partial charge < -0.3 is 15.0 Å². The van der Waals surface area contributed by atoms with Gasteiger partial charge in [0.1, 0.15) is 11.8 Å². The molecule has 29 heavy (non-hydrogen) atoms. The van der Waals surface area contributed by atoms with Crippen LogP contribution >= 0.6 is 15.9 Å². The lowest BCUT2D eigenvalue weighted by molar-refractivity contribution is -0.142. The van der Waals surface area contributed by atoms with Gasteiger partial charge in [0.2, 0.25) is 5.91 Å². The molecule has 0 saturated heterocycles. The van der Waals surface area contributed by atoms with Crippen LogP contribution in [0.25, 0.3) is 0 Å². The Hall–Kier alpha value is -2.34. The minimum atomic E-state index is -0.544. The van der Waals surface area contributed by atoms with E-state index in [1.54, 1.807) is 4.90 Å². The molecule has 6 heteroatoms. The zero-order chi connectivity index (χ0) is 21.2. The number of hydrogen-bond donors (Lipinski definition) is 1. The van der Waals surface area contributed by atoms with E-state index < -0.39 is 6.04 Å². The summed E-state index contributed by atoms with van der Waals surface area (Å²) in [4.78, 5) is 27.2. The quantitative estimate of drug-likeness (QED) is 0.573. The third kappa shape index (κ3) is 6.60. The molecular formula is C23H29BrN2O3. The van der Waals surface area contributed by atoms with E-state index in [4.69, 9.17) is 4.74 Å². The van der Waals surface area contributed by atoms with Crippen LogP contribution in [0, 0.1) is 0 Å². The Balaban J connectivity index is 2.17. The number of carbonyl (C=O) groups excluding carboxylic acids is 2. The molecule has 2 aromatic carbocycles. The predicted molar refractivity (Wildman–Crippen MR) is 119 cm³/mol. The van der Waals surface area contributed by atoms with Crippen LogP contribution < -0.4 is 10.1 Å². The monoisotopic (exact) mass is 460 g/mol. The summed E-state index contributed by atoms with van der Waals surface area (Å²) in [7, 11) is 0. The Bertz CT molecular complexity index is 811. The lowest BCUT2D eigenvalue weighted by Crippen LogP contribution is -2.50. The first-order chi connectivity index (χ1) is 14.0. The van der Waals surface area contributed by atoms with Gasteiger partial charge in [0, 0.05) is 13.1 Å². The summed E-state index contributed by atoms with van der Waals surface area (Å²) in [6.07, 6.45) is 1.45. The third-order valence-electron chi connectivity index (χ3n) is 4.69. The summed E-state index contributed by atoms with van der Waals surface area (Å²) in [6.45, 7) is 6.61. The largest absolute Gasteiger partial charge is 0.483 e. The summed E-state index contributed by atoms with van der Waals surface area (Å²) < 4.78 is 6.60. The first kappa shape index (κ1) is 22.9. The van der Waals surface area contributed by atoms with Crippen molar-refractivity contribution in [2.24, 2.45) is 0 Å². The minimum Gasteiger partial charge on any atom is -0.483 e. The van der Waals surface area contributed by atoms with Crippen LogP contribution in [0.1, 0.15) is 38.3 Å². The SMILES string of the molecule is CCNC(=O)[C@H](CC)N(Cc1ccccc1)C(=O)COc1ccc(CC)cc1Br. The van der Waals surface area contributed by atoms with E-state index in [1.807, 2.05) is 62.4 Å². The number of rotatable bonds is 10.